The van der Waals surface area contributed by atoms with E-state index in [1.54, 1.807) is 36.4 Å². The number of benzene rings is 6. The second-order valence-corrected chi connectivity index (χ2v) is 26.4. The third-order valence-electron chi connectivity index (χ3n) is 17.6. The molecule has 0 N–H and O–H groups in total. The Morgan fingerprint density at radius 2 is 0.680 bits per heavy atom. The molecule has 1 atom stereocenters. The van der Waals surface area contributed by atoms with Crippen LogP contribution in [0, 0.1) is 23.7 Å². The van der Waals surface area contributed by atoms with Gasteiger partial charge in [0.15, 0.2) is 38.7 Å². The van der Waals surface area contributed by atoms with Crippen molar-refractivity contribution >= 4 is 36.2 Å². The summed E-state index contributed by atoms with van der Waals surface area (Å²) in [4.78, 5) is 52.3. The molecule has 4 heterocycles. The maximum absolute atomic E-state index is 14.1. The number of ether oxygens (including phenoxy) is 14. The first-order valence-electron chi connectivity index (χ1n) is 32.9. The van der Waals surface area contributed by atoms with Crippen molar-refractivity contribution < 1.29 is 95.5 Å². The van der Waals surface area contributed by atoms with Crippen molar-refractivity contribution in [2.45, 2.75) is 56.8 Å². The van der Waals surface area contributed by atoms with E-state index >= 15 is 0 Å². The Bertz CT molecular complexity index is 3690. The van der Waals surface area contributed by atoms with Crippen LogP contribution in [0.1, 0.15) is 85.0 Å². The fourth-order valence-electron chi connectivity index (χ4n) is 12.4. The minimum absolute atomic E-state index is 0.0631. The van der Waals surface area contributed by atoms with Crippen LogP contribution in [0.5, 0.6) is 46.0 Å². The molecule has 1 spiro atoms. The first-order chi connectivity index (χ1) is 47.3. The number of rotatable bonds is 36. The third kappa shape index (κ3) is 18.6. The number of carbonyl (C=O) groups is 2. The predicted octanol–water partition coefficient (Wildman–Crippen LogP) is 12.6. The van der Waals surface area contributed by atoms with Gasteiger partial charge < -0.3 is 76.1 Å². The summed E-state index contributed by atoms with van der Waals surface area (Å²) >= 11 is 0. The molecule has 0 aromatic heterocycles. The number of fused-ring (bicyclic) bond motifs is 4. The van der Waals surface area contributed by atoms with E-state index in [1.165, 1.54) is 12.2 Å². The molecular formula is C77H84O20. The van der Waals surface area contributed by atoms with Crippen LogP contribution in [0.3, 0.4) is 0 Å². The van der Waals surface area contributed by atoms with E-state index in [0.29, 0.717) is 118 Å². The van der Waals surface area contributed by atoms with E-state index < -0.39 is 28.2 Å². The van der Waals surface area contributed by atoms with Crippen LogP contribution in [0.4, 0.5) is 0 Å². The van der Waals surface area contributed by atoms with E-state index in [-0.39, 0.29) is 57.6 Å². The first-order valence-corrected chi connectivity index (χ1v) is 32.9. The number of hydrogen-bond donors (Lipinski definition) is 0. The molecule has 6 aromatic carbocycles. The fraction of sp³-hybridized carbons (Fsp3) is 0.403. The Kier molecular flexibility index (Phi) is 23.2. The van der Waals surface area contributed by atoms with Gasteiger partial charge in [0.25, 0.3) is 0 Å². The van der Waals surface area contributed by atoms with Gasteiger partial charge in [0.2, 0.25) is 11.5 Å². The molecule has 4 saturated heterocycles. The van der Waals surface area contributed by atoms with Crippen LogP contribution >= 0.6 is 0 Å². The standard InChI is InChI=1S/C77H84O20/c1-75(2)47-77(67-33-70(95-74(79)28-18-56-15-25-64(26-16-56)91-52-87-46-60-41-83-42-60)69(31-65(67)75)94-73(78)27-17-55-13-23-63(24-14-55)90-51-86-45-59-39-82-40-59)48-76(3,4)66-32-71(96-92-29-5-7-53-9-19-61(20-10-53)88-49-84-43-57-35-80-36-57)72(34-68(66)77)97-93-30-6-8-54-11-21-62(22-12-54)89-50-85-44-58-37-81-38-58/h5-28,31-34,57-60H,29-30,35-52H2,1-4H3/b7-5+,8-6+,27-17+,28-18+. The van der Waals surface area contributed by atoms with Gasteiger partial charge in [0, 0.05) is 41.2 Å². The van der Waals surface area contributed by atoms with Crippen LogP contribution in [0.15, 0.2) is 146 Å². The minimum atomic E-state index is -0.690. The highest BCUT2D eigenvalue weighted by Gasteiger charge is 2.57. The predicted molar refractivity (Wildman–Crippen MR) is 358 cm³/mol. The highest BCUT2D eigenvalue weighted by Crippen LogP contribution is 2.65. The average Bonchev–Trinajstić information content (AvgIpc) is 1.53. The molecule has 20 nitrogen and oxygen atoms in total. The molecular weight excluding hydrogens is 1240 g/mol. The Hall–Kier alpha value is -8.38. The summed E-state index contributed by atoms with van der Waals surface area (Å²) < 4.78 is 79.0. The summed E-state index contributed by atoms with van der Waals surface area (Å²) in [5, 5.41) is 0. The lowest BCUT2D eigenvalue weighted by Gasteiger charge is -2.30. The summed E-state index contributed by atoms with van der Waals surface area (Å²) in [6.45, 7) is 17.5. The Morgan fingerprint density at radius 1 is 0.392 bits per heavy atom. The van der Waals surface area contributed by atoms with Gasteiger partial charge in [-0.05, 0) is 153 Å². The Labute approximate surface area is 565 Å². The van der Waals surface area contributed by atoms with Gasteiger partial charge in [0.05, 0.1) is 79.3 Å². The van der Waals surface area contributed by atoms with Gasteiger partial charge in [-0.3, -0.25) is 0 Å². The molecule has 20 heteroatoms. The number of esters is 2. The zero-order valence-corrected chi connectivity index (χ0v) is 55.3. The molecule has 1 unspecified atom stereocenters. The van der Waals surface area contributed by atoms with E-state index in [1.807, 2.05) is 121 Å². The smallest absolute Gasteiger partial charge is 0.336 e. The fourth-order valence-corrected chi connectivity index (χ4v) is 12.4. The molecule has 0 saturated carbocycles. The van der Waals surface area contributed by atoms with Crippen LogP contribution in [-0.2, 0) is 73.5 Å². The molecule has 4 fully saturated rings. The van der Waals surface area contributed by atoms with Gasteiger partial charge in [0.1, 0.15) is 36.2 Å². The van der Waals surface area contributed by atoms with Crippen LogP contribution < -0.4 is 38.2 Å². The minimum Gasteiger partial charge on any atom is -0.468 e. The summed E-state index contributed by atoms with van der Waals surface area (Å²) in [7, 11) is 0. The molecule has 97 heavy (non-hydrogen) atoms. The summed E-state index contributed by atoms with van der Waals surface area (Å²) in [5.74, 6) is 3.61. The number of hydrogen-bond acceptors (Lipinski definition) is 20. The molecule has 0 amide bonds. The van der Waals surface area contributed by atoms with Crippen LogP contribution in [-0.4, -0.2) is 132 Å². The largest absolute Gasteiger partial charge is 0.468 e. The van der Waals surface area contributed by atoms with Gasteiger partial charge in [-0.15, -0.1) is 0 Å². The second-order valence-electron chi connectivity index (χ2n) is 26.4. The molecule has 512 valence electrons. The van der Waals surface area contributed by atoms with Crippen molar-refractivity contribution in [2.24, 2.45) is 23.7 Å². The van der Waals surface area contributed by atoms with Crippen molar-refractivity contribution in [2.75, 3.05) is 120 Å². The topological polar surface area (TPSA) is 200 Å². The maximum atomic E-state index is 14.1. The van der Waals surface area contributed by atoms with Crippen molar-refractivity contribution in [1.82, 2.24) is 0 Å². The lowest BCUT2D eigenvalue weighted by atomic mass is 9.72. The van der Waals surface area contributed by atoms with Crippen LogP contribution in [0.2, 0.25) is 0 Å². The zero-order valence-electron chi connectivity index (χ0n) is 55.3. The first kappa shape index (κ1) is 68.6. The third-order valence-corrected chi connectivity index (χ3v) is 17.6. The highest BCUT2D eigenvalue weighted by molar-refractivity contribution is 5.91. The van der Waals surface area contributed by atoms with Gasteiger partial charge >= 0.3 is 11.9 Å². The summed E-state index contributed by atoms with van der Waals surface area (Å²) in [6.07, 6.45) is 14.8. The molecule has 6 aromatic rings. The average molecular weight is 1330 g/mol. The normalized spacial score (nSPS) is 18.8. The van der Waals surface area contributed by atoms with Crippen molar-refractivity contribution in [3.8, 4) is 46.0 Å². The van der Waals surface area contributed by atoms with Gasteiger partial charge in [-0.1, -0.05) is 101 Å². The van der Waals surface area contributed by atoms with Gasteiger partial charge in [-0.25, -0.2) is 9.59 Å². The monoisotopic (exact) mass is 1330 g/mol. The molecule has 2 aliphatic carbocycles. The Balaban J connectivity index is 0.779. The van der Waals surface area contributed by atoms with E-state index in [2.05, 4.69) is 27.7 Å². The zero-order chi connectivity index (χ0) is 66.9. The molecule has 0 radical (unpaired) electrons. The van der Waals surface area contributed by atoms with E-state index in [0.717, 1.165) is 70.9 Å². The number of carbonyl (C=O) groups excluding carboxylic acids is 2. The molecule has 0 bridgehead atoms. The van der Waals surface area contributed by atoms with Crippen molar-refractivity contribution in [1.29, 1.82) is 0 Å². The second kappa shape index (κ2) is 32.8. The molecule has 12 rings (SSSR count). The maximum Gasteiger partial charge on any atom is 0.336 e. The molecule has 6 aliphatic rings. The Morgan fingerprint density at radius 3 is 0.990 bits per heavy atom. The van der Waals surface area contributed by atoms with E-state index in [9.17, 15) is 9.59 Å². The van der Waals surface area contributed by atoms with E-state index in [4.69, 9.17) is 85.9 Å². The SMILES string of the molecule is CC1(C)CC2(CC(C)(C)c3cc(OC(=O)/C=C/c4ccc(OCOCC5COC5)cc4)c(OC(=O)/C=C/c4ccc(OCOCC5COC5)cc4)cc32)c2cc(OOC/C=C/c3ccc(OCOCC4COC4)cc3)c(OOC/C=C/c3ccc(OCOCC4COC4)cc3)cc21. The highest BCUT2D eigenvalue weighted by atomic mass is 17.2. The molecule has 4 aliphatic heterocycles. The summed E-state index contributed by atoms with van der Waals surface area (Å²) in [6, 6.07) is 37.4. The summed E-state index contributed by atoms with van der Waals surface area (Å²) in [5.41, 5.74) is 5.48. The quantitative estimate of drug-likeness (QED) is 0.00683. The van der Waals surface area contributed by atoms with Crippen molar-refractivity contribution in [3.63, 3.8) is 0 Å². The lowest BCUT2D eigenvalue weighted by molar-refractivity contribution is -0.218. The van der Waals surface area contributed by atoms with Gasteiger partial charge in [-0.2, -0.15) is 9.78 Å². The van der Waals surface area contributed by atoms with Crippen LogP contribution in [0.25, 0.3) is 24.3 Å². The van der Waals surface area contributed by atoms with Crippen molar-refractivity contribution in [3.05, 3.63) is 190 Å². The lowest BCUT2D eigenvalue weighted by Crippen LogP contribution is -2.32.